The van der Waals surface area contributed by atoms with Crippen LogP contribution in [-0.2, 0) is 4.74 Å². The molecular formula is C28H43NO2. The molecule has 1 amide bonds. The predicted octanol–water partition coefficient (Wildman–Crippen LogP) is 8.00. The van der Waals surface area contributed by atoms with Crippen molar-refractivity contribution in [2.24, 2.45) is 0 Å². The first-order chi connectivity index (χ1) is 14.4. The van der Waals surface area contributed by atoms with E-state index in [1.165, 1.54) is 34.2 Å². The Hall–Kier alpha value is -1.77. The number of hydrogen-bond donors (Lipinski definition) is 0. The van der Waals surface area contributed by atoms with Crippen molar-refractivity contribution in [3.63, 3.8) is 0 Å². The highest BCUT2D eigenvalue weighted by Gasteiger charge is 2.40. The lowest BCUT2D eigenvalue weighted by atomic mass is 9.76. The van der Waals surface area contributed by atoms with Gasteiger partial charge in [0.2, 0.25) is 0 Å². The molecule has 2 heterocycles. The van der Waals surface area contributed by atoms with Crippen LogP contribution in [0.5, 0.6) is 0 Å². The number of carbonyl (C=O) groups excluding carboxylic acids is 1. The number of amides is 1. The zero-order chi connectivity index (χ0) is 23.1. The molecule has 0 spiro atoms. The van der Waals surface area contributed by atoms with Crippen LogP contribution in [0, 0.1) is 0 Å². The molecule has 1 aromatic rings. The highest BCUT2D eigenvalue weighted by molar-refractivity contribution is 5.78. The van der Waals surface area contributed by atoms with Gasteiger partial charge < -0.3 is 4.74 Å². The number of rotatable bonds is 4. The van der Waals surface area contributed by atoms with Crippen LogP contribution in [0.25, 0.3) is 5.57 Å². The van der Waals surface area contributed by atoms with E-state index in [0.29, 0.717) is 17.8 Å². The van der Waals surface area contributed by atoms with Crippen molar-refractivity contribution in [1.82, 2.24) is 4.90 Å². The van der Waals surface area contributed by atoms with E-state index in [-0.39, 0.29) is 18.2 Å². The predicted molar refractivity (Wildman–Crippen MR) is 131 cm³/mol. The normalized spacial score (nSPS) is 21.7. The molecule has 2 bridgehead atoms. The minimum Gasteiger partial charge on any atom is -0.444 e. The number of fused-ring (bicyclic) bond motifs is 2. The topological polar surface area (TPSA) is 29.5 Å². The molecule has 2 atom stereocenters. The summed E-state index contributed by atoms with van der Waals surface area (Å²) in [5.41, 5.74) is 6.79. The quantitative estimate of drug-likeness (QED) is 0.489. The maximum atomic E-state index is 13.0. The summed E-state index contributed by atoms with van der Waals surface area (Å²) in [5, 5.41) is 0. The fraction of sp³-hybridized carbons (Fsp3) is 0.679. The lowest BCUT2D eigenvalue weighted by Crippen LogP contribution is -2.53. The third-order valence-electron chi connectivity index (χ3n) is 6.69. The Labute approximate surface area is 190 Å². The second-order valence-electron chi connectivity index (χ2n) is 11.5. The van der Waals surface area contributed by atoms with E-state index in [1.54, 1.807) is 0 Å². The lowest BCUT2D eigenvalue weighted by Gasteiger charge is -2.45. The number of nitrogens with zero attached hydrogens (tertiary/aromatic N) is 1. The molecule has 0 radical (unpaired) electrons. The molecule has 2 unspecified atom stereocenters. The molecule has 1 saturated heterocycles. The van der Waals surface area contributed by atoms with Gasteiger partial charge in [0.25, 0.3) is 0 Å². The average Bonchev–Trinajstić information content (AvgIpc) is 2.64. The molecule has 0 aliphatic carbocycles. The zero-order valence-corrected chi connectivity index (χ0v) is 21.2. The van der Waals surface area contributed by atoms with Crippen molar-refractivity contribution in [1.29, 1.82) is 0 Å². The summed E-state index contributed by atoms with van der Waals surface area (Å²) in [6.07, 6.45) is 6.43. The summed E-state index contributed by atoms with van der Waals surface area (Å²) >= 11 is 0. The first-order valence-electron chi connectivity index (χ1n) is 12.3. The van der Waals surface area contributed by atoms with Crippen molar-refractivity contribution in [3.8, 4) is 0 Å². The maximum Gasteiger partial charge on any atom is 0.411 e. The zero-order valence-electron chi connectivity index (χ0n) is 21.2. The van der Waals surface area contributed by atoms with Gasteiger partial charge in [0.1, 0.15) is 5.60 Å². The van der Waals surface area contributed by atoms with Gasteiger partial charge in [0, 0.05) is 6.04 Å². The Morgan fingerprint density at radius 3 is 2.00 bits per heavy atom. The third-order valence-corrected chi connectivity index (χ3v) is 6.69. The smallest absolute Gasteiger partial charge is 0.411 e. The lowest BCUT2D eigenvalue weighted by molar-refractivity contribution is 0.0000761. The number of carbonyl (C=O) groups is 1. The van der Waals surface area contributed by atoms with E-state index in [9.17, 15) is 4.79 Å². The van der Waals surface area contributed by atoms with Crippen molar-refractivity contribution >= 4 is 11.7 Å². The second kappa shape index (κ2) is 9.00. The Morgan fingerprint density at radius 2 is 1.55 bits per heavy atom. The van der Waals surface area contributed by atoms with Crippen molar-refractivity contribution in [3.05, 3.63) is 40.5 Å². The van der Waals surface area contributed by atoms with Crippen LogP contribution in [0.4, 0.5) is 4.79 Å². The van der Waals surface area contributed by atoms with Crippen LogP contribution in [0.3, 0.4) is 0 Å². The Kier molecular flexibility index (Phi) is 6.93. The first kappa shape index (κ1) is 23.9. The number of ether oxygens (including phenoxy) is 1. The summed E-state index contributed by atoms with van der Waals surface area (Å²) < 4.78 is 5.78. The second-order valence-corrected chi connectivity index (χ2v) is 11.5. The Balaban J connectivity index is 2.08. The summed E-state index contributed by atoms with van der Waals surface area (Å²) in [7, 11) is 0. The fourth-order valence-electron chi connectivity index (χ4n) is 5.14. The van der Waals surface area contributed by atoms with Gasteiger partial charge in [-0.05, 0) is 92.0 Å². The molecule has 1 fully saturated rings. The molecule has 3 heteroatoms. The van der Waals surface area contributed by atoms with Crippen LogP contribution >= 0.6 is 0 Å². The van der Waals surface area contributed by atoms with E-state index in [2.05, 4.69) is 59.8 Å². The van der Waals surface area contributed by atoms with Crippen LogP contribution in [0.15, 0.2) is 18.2 Å². The summed E-state index contributed by atoms with van der Waals surface area (Å²) in [4.78, 5) is 15.0. The van der Waals surface area contributed by atoms with Crippen LogP contribution in [-0.4, -0.2) is 28.7 Å². The minimum absolute atomic E-state index is 0.141. The molecular weight excluding hydrogens is 382 g/mol. The minimum atomic E-state index is -0.461. The van der Waals surface area contributed by atoms with E-state index >= 15 is 0 Å². The van der Waals surface area contributed by atoms with Gasteiger partial charge in [-0.15, -0.1) is 0 Å². The number of hydrogen-bond acceptors (Lipinski definition) is 2. The Bertz CT molecular complexity index is 812. The highest BCUT2D eigenvalue weighted by atomic mass is 16.6. The molecule has 2 aliphatic heterocycles. The van der Waals surface area contributed by atoms with Gasteiger partial charge in [-0.1, -0.05) is 59.8 Å². The summed E-state index contributed by atoms with van der Waals surface area (Å²) in [6.45, 7) is 19.7. The van der Waals surface area contributed by atoms with Crippen molar-refractivity contribution in [2.45, 2.75) is 123 Å². The molecule has 2 aliphatic rings. The van der Waals surface area contributed by atoms with Crippen LogP contribution in [0.2, 0.25) is 0 Å². The van der Waals surface area contributed by atoms with E-state index in [0.717, 1.165) is 19.3 Å². The van der Waals surface area contributed by atoms with E-state index in [1.807, 2.05) is 25.7 Å². The number of benzene rings is 1. The van der Waals surface area contributed by atoms with Gasteiger partial charge in [-0.25, -0.2) is 4.79 Å². The van der Waals surface area contributed by atoms with E-state index in [4.69, 9.17) is 4.74 Å². The molecule has 0 aromatic heterocycles. The molecule has 1 aromatic carbocycles. The molecule has 172 valence electrons. The highest BCUT2D eigenvalue weighted by Crippen LogP contribution is 2.43. The number of piperidine rings is 1. The van der Waals surface area contributed by atoms with Crippen LogP contribution < -0.4 is 0 Å². The summed E-state index contributed by atoms with van der Waals surface area (Å²) in [6, 6.07) is 5.25. The van der Waals surface area contributed by atoms with E-state index < -0.39 is 5.60 Å². The SMILES string of the molecule is CC(C)c1cc(C(C)C)c(C2=CC3CCCC(C2)N3C(=O)OC(C)(C)C)c(C(C)C)c1. The molecule has 3 rings (SSSR count). The van der Waals surface area contributed by atoms with Gasteiger partial charge >= 0.3 is 6.09 Å². The monoisotopic (exact) mass is 425 g/mol. The molecule has 0 saturated carbocycles. The molecule has 3 nitrogen and oxygen atoms in total. The molecule has 0 N–H and O–H groups in total. The fourth-order valence-corrected chi connectivity index (χ4v) is 5.14. The standard InChI is InChI=1S/C28H43NO2/c1-17(2)20-15-24(18(3)4)26(25(16-20)19(5)6)21-13-22-11-10-12-23(14-21)29(22)27(30)31-28(7,8)9/h13,15-19,22-23H,10-12,14H2,1-9H3. The third kappa shape index (κ3) is 5.18. The van der Waals surface area contributed by atoms with Crippen LogP contribution in [0.1, 0.15) is 128 Å². The average molecular weight is 426 g/mol. The van der Waals surface area contributed by atoms with Gasteiger partial charge in [-0.3, -0.25) is 4.90 Å². The van der Waals surface area contributed by atoms with Gasteiger partial charge in [0.05, 0.1) is 6.04 Å². The first-order valence-corrected chi connectivity index (χ1v) is 12.3. The molecule has 31 heavy (non-hydrogen) atoms. The summed E-state index contributed by atoms with van der Waals surface area (Å²) in [5.74, 6) is 1.46. The van der Waals surface area contributed by atoms with Gasteiger partial charge in [0.15, 0.2) is 0 Å². The van der Waals surface area contributed by atoms with Crippen molar-refractivity contribution < 1.29 is 9.53 Å². The van der Waals surface area contributed by atoms with Gasteiger partial charge in [-0.2, -0.15) is 0 Å². The van der Waals surface area contributed by atoms with Crippen molar-refractivity contribution in [2.75, 3.05) is 0 Å². The maximum absolute atomic E-state index is 13.0. The largest absolute Gasteiger partial charge is 0.444 e. The Morgan fingerprint density at radius 1 is 0.968 bits per heavy atom.